The molecule has 24 heavy (non-hydrogen) atoms. The van der Waals surface area contributed by atoms with Gasteiger partial charge in [0.2, 0.25) is 5.88 Å². The quantitative estimate of drug-likeness (QED) is 0.688. The van der Waals surface area contributed by atoms with Crippen molar-refractivity contribution in [3.63, 3.8) is 0 Å². The van der Waals surface area contributed by atoms with Crippen LogP contribution in [0.1, 0.15) is 10.4 Å². The number of aromatic nitrogens is 2. The standard InChI is InChI=1S/C18H19N3O2S/c1-13-2-4-14(5-3-13)18-21-12-16(24-18)11-19-15-6-7-17(20-10-15)23-9-8-22/h2-7,10,12,19,22H,8-9,11H2,1H3. The molecule has 0 spiro atoms. The van der Waals surface area contributed by atoms with E-state index < -0.39 is 0 Å². The number of aliphatic hydroxyl groups excluding tert-OH is 1. The van der Waals surface area contributed by atoms with E-state index in [1.54, 1.807) is 23.6 Å². The van der Waals surface area contributed by atoms with E-state index >= 15 is 0 Å². The number of hydrogen-bond donors (Lipinski definition) is 2. The molecule has 0 radical (unpaired) electrons. The second-order valence-electron chi connectivity index (χ2n) is 5.31. The lowest BCUT2D eigenvalue weighted by molar-refractivity contribution is 0.196. The zero-order chi connectivity index (χ0) is 16.8. The van der Waals surface area contributed by atoms with Crippen LogP contribution in [-0.2, 0) is 6.54 Å². The average molecular weight is 341 g/mol. The molecule has 124 valence electrons. The van der Waals surface area contributed by atoms with Crippen molar-refractivity contribution in [3.8, 4) is 16.5 Å². The van der Waals surface area contributed by atoms with Crippen molar-refractivity contribution in [1.82, 2.24) is 9.97 Å². The van der Waals surface area contributed by atoms with Crippen LogP contribution in [0.4, 0.5) is 5.69 Å². The molecule has 0 amide bonds. The molecule has 0 aliphatic carbocycles. The van der Waals surface area contributed by atoms with Gasteiger partial charge in [-0.2, -0.15) is 0 Å². The van der Waals surface area contributed by atoms with Gasteiger partial charge in [-0.3, -0.25) is 0 Å². The highest BCUT2D eigenvalue weighted by molar-refractivity contribution is 7.15. The monoisotopic (exact) mass is 341 g/mol. The molecule has 3 rings (SSSR count). The lowest BCUT2D eigenvalue weighted by Crippen LogP contribution is -2.03. The summed E-state index contributed by atoms with van der Waals surface area (Å²) >= 11 is 1.68. The number of rotatable bonds is 7. The van der Waals surface area contributed by atoms with E-state index in [4.69, 9.17) is 9.84 Å². The van der Waals surface area contributed by atoms with E-state index in [9.17, 15) is 0 Å². The minimum atomic E-state index is -0.0175. The number of ether oxygens (including phenoxy) is 1. The lowest BCUT2D eigenvalue weighted by atomic mass is 10.2. The fourth-order valence-electron chi connectivity index (χ4n) is 2.13. The molecule has 2 aromatic heterocycles. The molecule has 5 nitrogen and oxygen atoms in total. The molecule has 0 atom stereocenters. The second-order valence-corrected chi connectivity index (χ2v) is 6.42. The number of pyridine rings is 1. The molecule has 0 bridgehead atoms. The zero-order valence-electron chi connectivity index (χ0n) is 13.4. The third-order valence-electron chi connectivity index (χ3n) is 3.40. The second kappa shape index (κ2) is 7.90. The number of aliphatic hydroxyl groups is 1. The van der Waals surface area contributed by atoms with Gasteiger partial charge in [0.15, 0.2) is 0 Å². The number of thiazole rings is 1. The summed E-state index contributed by atoms with van der Waals surface area (Å²) in [6, 6.07) is 12.1. The first-order chi connectivity index (χ1) is 11.7. The Labute approximate surface area is 145 Å². The predicted octanol–water partition coefficient (Wildman–Crippen LogP) is 3.50. The van der Waals surface area contributed by atoms with Crippen LogP contribution in [-0.4, -0.2) is 28.3 Å². The fraction of sp³-hybridized carbons (Fsp3) is 0.222. The molecule has 6 heteroatoms. The van der Waals surface area contributed by atoms with E-state index in [-0.39, 0.29) is 13.2 Å². The Hall–Kier alpha value is -2.44. The molecule has 1 aromatic carbocycles. The highest BCUT2D eigenvalue weighted by Crippen LogP contribution is 2.26. The van der Waals surface area contributed by atoms with Crippen LogP contribution < -0.4 is 10.1 Å². The summed E-state index contributed by atoms with van der Waals surface area (Å²) in [7, 11) is 0. The minimum Gasteiger partial charge on any atom is -0.475 e. The maximum atomic E-state index is 8.72. The summed E-state index contributed by atoms with van der Waals surface area (Å²) in [5, 5.41) is 13.1. The third-order valence-corrected chi connectivity index (χ3v) is 4.44. The highest BCUT2D eigenvalue weighted by atomic mass is 32.1. The smallest absolute Gasteiger partial charge is 0.213 e. The minimum absolute atomic E-state index is 0.0175. The van der Waals surface area contributed by atoms with Gasteiger partial charge in [0.05, 0.1) is 25.0 Å². The molecule has 0 fully saturated rings. The van der Waals surface area contributed by atoms with Crippen LogP contribution in [0.3, 0.4) is 0 Å². The van der Waals surface area contributed by atoms with Crippen molar-refractivity contribution >= 4 is 17.0 Å². The summed E-state index contributed by atoms with van der Waals surface area (Å²) in [6.07, 6.45) is 3.62. The molecule has 2 heterocycles. The third kappa shape index (κ3) is 4.31. The van der Waals surface area contributed by atoms with Crippen LogP contribution in [0.2, 0.25) is 0 Å². The van der Waals surface area contributed by atoms with E-state index in [0.29, 0.717) is 12.4 Å². The van der Waals surface area contributed by atoms with E-state index in [1.165, 1.54) is 5.56 Å². The van der Waals surface area contributed by atoms with Crippen molar-refractivity contribution in [1.29, 1.82) is 0 Å². The van der Waals surface area contributed by atoms with Crippen LogP contribution in [0.15, 0.2) is 48.8 Å². The van der Waals surface area contributed by atoms with E-state index in [0.717, 1.165) is 21.1 Å². The molecule has 0 saturated carbocycles. The van der Waals surface area contributed by atoms with Crippen molar-refractivity contribution in [2.24, 2.45) is 0 Å². The molecule has 0 aliphatic rings. The molecule has 0 unspecified atom stereocenters. The Morgan fingerprint density at radius 2 is 1.92 bits per heavy atom. The lowest BCUT2D eigenvalue weighted by Gasteiger charge is -2.06. The van der Waals surface area contributed by atoms with E-state index in [2.05, 4.69) is 46.5 Å². The van der Waals surface area contributed by atoms with Gasteiger partial charge in [0.25, 0.3) is 0 Å². The van der Waals surface area contributed by atoms with Gasteiger partial charge in [-0.1, -0.05) is 29.8 Å². The first-order valence-corrected chi connectivity index (χ1v) is 8.51. The number of nitrogens with zero attached hydrogens (tertiary/aromatic N) is 2. The average Bonchev–Trinajstić information content (AvgIpc) is 3.09. The van der Waals surface area contributed by atoms with Gasteiger partial charge in [-0.05, 0) is 13.0 Å². The van der Waals surface area contributed by atoms with Gasteiger partial charge in [-0.15, -0.1) is 11.3 Å². The number of hydrogen-bond acceptors (Lipinski definition) is 6. The predicted molar refractivity (Wildman–Crippen MR) is 96.4 cm³/mol. The van der Waals surface area contributed by atoms with Gasteiger partial charge in [-0.25, -0.2) is 9.97 Å². The normalized spacial score (nSPS) is 10.6. The highest BCUT2D eigenvalue weighted by Gasteiger charge is 2.05. The zero-order valence-corrected chi connectivity index (χ0v) is 14.2. The van der Waals surface area contributed by atoms with Crippen molar-refractivity contribution < 1.29 is 9.84 Å². The SMILES string of the molecule is Cc1ccc(-c2ncc(CNc3ccc(OCCO)nc3)s2)cc1. The van der Waals surface area contributed by atoms with Crippen molar-refractivity contribution in [2.75, 3.05) is 18.5 Å². The largest absolute Gasteiger partial charge is 0.475 e. The first-order valence-electron chi connectivity index (χ1n) is 7.70. The Balaban J connectivity index is 1.58. The maximum Gasteiger partial charge on any atom is 0.213 e. The van der Waals surface area contributed by atoms with Crippen molar-refractivity contribution in [2.45, 2.75) is 13.5 Å². The maximum absolute atomic E-state index is 8.72. The summed E-state index contributed by atoms with van der Waals surface area (Å²) in [5.74, 6) is 0.508. The van der Waals surface area contributed by atoms with Gasteiger partial charge in [0.1, 0.15) is 11.6 Å². The van der Waals surface area contributed by atoms with Gasteiger partial charge >= 0.3 is 0 Å². The molecule has 2 N–H and O–H groups in total. The van der Waals surface area contributed by atoms with Gasteiger partial charge < -0.3 is 15.2 Å². The first kappa shape index (κ1) is 16.4. The van der Waals surface area contributed by atoms with Crippen LogP contribution in [0.5, 0.6) is 5.88 Å². The van der Waals surface area contributed by atoms with Crippen LogP contribution in [0, 0.1) is 6.92 Å². The Morgan fingerprint density at radius 1 is 1.08 bits per heavy atom. The summed E-state index contributed by atoms with van der Waals surface area (Å²) < 4.78 is 5.24. The Bertz CT molecular complexity index is 770. The number of nitrogens with one attached hydrogen (secondary N) is 1. The Kier molecular flexibility index (Phi) is 5.40. The summed E-state index contributed by atoms with van der Waals surface area (Å²) in [5.41, 5.74) is 3.30. The molecule has 0 saturated heterocycles. The van der Waals surface area contributed by atoms with Crippen molar-refractivity contribution in [3.05, 3.63) is 59.2 Å². The van der Waals surface area contributed by atoms with Crippen LogP contribution >= 0.6 is 11.3 Å². The topological polar surface area (TPSA) is 67.3 Å². The Morgan fingerprint density at radius 3 is 2.62 bits per heavy atom. The number of aryl methyl sites for hydroxylation is 1. The van der Waals surface area contributed by atoms with Crippen LogP contribution in [0.25, 0.3) is 10.6 Å². The molecular formula is C18H19N3O2S. The molecular weight excluding hydrogens is 322 g/mol. The number of benzene rings is 1. The fourth-order valence-corrected chi connectivity index (χ4v) is 2.99. The van der Waals surface area contributed by atoms with Gasteiger partial charge in [0, 0.05) is 22.7 Å². The summed E-state index contributed by atoms with van der Waals surface area (Å²) in [4.78, 5) is 9.84. The molecule has 3 aromatic rings. The number of anilines is 1. The summed E-state index contributed by atoms with van der Waals surface area (Å²) in [6.45, 7) is 3.01. The molecule has 0 aliphatic heterocycles. The van der Waals surface area contributed by atoms with E-state index in [1.807, 2.05) is 12.3 Å².